The molecule has 0 saturated carbocycles. The molecule has 41 heavy (non-hydrogen) atoms. The van der Waals surface area contributed by atoms with Crippen LogP contribution in [0.4, 0.5) is 0 Å². The first-order chi connectivity index (χ1) is 20.0. The molecule has 8 rings (SSSR count). The van der Waals surface area contributed by atoms with E-state index in [0.717, 1.165) is 33.2 Å². The zero-order valence-electron chi connectivity index (χ0n) is 23.4. The number of aryl methyl sites for hydroxylation is 1. The first kappa shape index (κ1) is 23.8. The Bertz CT molecular complexity index is 2120. The van der Waals surface area contributed by atoms with Gasteiger partial charge in [-0.2, -0.15) is 0 Å². The van der Waals surface area contributed by atoms with Crippen LogP contribution in [-0.2, 0) is 5.41 Å². The lowest BCUT2D eigenvalue weighted by Gasteiger charge is -2.21. The van der Waals surface area contributed by atoms with Crippen molar-refractivity contribution in [1.29, 1.82) is 0 Å². The zero-order chi connectivity index (χ0) is 27.7. The van der Waals surface area contributed by atoms with E-state index in [1.807, 2.05) is 0 Å². The van der Waals surface area contributed by atoms with Crippen LogP contribution in [0.3, 0.4) is 0 Å². The van der Waals surface area contributed by atoms with E-state index in [0.29, 0.717) is 5.95 Å². The first-order valence-corrected chi connectivity index (χ1v) is 14.2. The lowest BCUT2D eigenvalue weighted by Crippen LogP contribution is -2.14. The second-order valence-electron chi connectivity index (χ2n) is 11.6. The summed E-state index contributed by atoms with van der Waals surface area (Å²) < 4.78 is 2.30. The second kappa shape index (κ2) is 8.74. The van der Waals surface area contributed by atoms with Gasteiger partial charge in [0.05, 0.1) is 22.4 Å². The maximum atomic E-state index is 5.37. The predicted molar refractivity (Wildman–Crippen MR) is 170 cm³/mol. The summed E-state index contributed by atoms with van der Waals surface area (Å²) in [7, 11) is 0. The summed E-state index contributed by atoms with van der Waals surface area (Å²) in [6.45, 7) is 6.85. The summed E-state index contributed by atoms with van der Waals surface area (Å²) in [6, 6.07) is 43.1. The van der Waals surface area contributed by atoms with E-state index in [2.05, 4.69) is 147 Å². The van der Waals surface area contributed by atoms with Gasteiger partial charge in [0.1, 0.15) is 0 Å². The minimum Gasteiger partial charge on any atom is -0.278 e. The van der Waals surface area contributed by atoms with Crippen molar-refractivity contribution in [2.24, 2.45) is 0 Å². The molecule has 0 amide bonds. The van der Waals surface area contributed by atoms with Crippen molar-refractivity contribution in [3.05, 3.63) is 138 Å². The fourth-order valence-corrected chi connectivity index (χ4v) is 6.71. The van der Waals surface area contributed by atoms with Gasteiger partial charge in [0.25, 0.3) is 0 Å². The highest BCUT2D eigenvalue weighted by Gasteiger charge is 2.41. The van der Waals surface area contributed by atoms with Crippen LogP contribution in [-0.4, -0.2) is 14.5 Å². The number of hydrogen-bond acceptors (Lipinski definition) is 2. The molecule has 196 valence electrons. The third-order valence-corrected chi connectivity index (χ3v) is 8.64. The molecule has 5 aromatic carbocycles. The molecule has 0 aliphatic heterocycles. The van der Waals surface area contributed by atoms with Gasteiger partial charge >= 0.3 is 0 Å². The van der Waals surface area contributed by atoms with E-state index in [9.17, 15) is 0 Å². The van der Waals surface area contributed by atoms with Gasteiger partial charge in [0.15, 0.2) is 0 Å². The van der Waals surface area contributed by atoms with Gasteiger partial charge in [-0.05, 0) is 53.4 Å². The van der Waals surface area contributed by atoms with Crippen molar-refractivity contribution in [3.8, 4) is 39.6 Å². The Kier molecular flexibility index (Phi) is 5.08. The van der Waals surface area contributed by atoms with Crippen molar-refractivity contribution in [1.82, 2.24) is 14.5 Å². The van der Waals surface area contributed by atoms with E-state index in [1.165, 1.54) is 38.9 Å². The molecule has 0 bridgehead atoms. The molecular formula is C38H29N3. The molecule has 0 radical (unpaired) electrons. The highest BCUT2D eigenvalue weighted by Crippen LogP contribution is 2.53. The van der Waals surface area contributed by atoms with Crippen LogP contribution in [0.5, 0.6) is 0 Å². The number of para-hydroxylation sites is 1. The minimum atomic E-state index is -0.132. The molecule has 0 fully saturated rings. The van der Waals surface area contributed by atoms with Gasteiger partial charge in [0, 0.05) is 27.3 Å². The summed E-state index contributed by atoms with van der Waals surface area (Å²) in [4.78, 5) is 10.6. The van der Waals surface area contributed by atoms with Gasteiger partial charge in [-0.15, -0.1) is 0 Å². The van der Waals surface area contributed by atoms with Crippen LogP contribution in [0, 0.1) is 6.92 Å². The molecule has 1 aliphatic carbocycles. The third kappa shape index (κ3) is 3.52. The van der Waals surface area contributed by atoms with Crippen LogP contribution in [0.25, 0.3) is 61.4 Å². The SMILES string of the molecule is Cc1ccc2c(c1)-c1c(c3ccccc3n1-c1nc(-c3ccccc3)c3cc(-c4ccccc4)ccc3n1)C2(C)C. The Labute approximate surface area is 239 Å². The Morgan fingerprint density at radius 1 is 0.610 bits per heavy atom. The van der Waals surface area contributed by atoms with Crippen molar-refractivity contribution in [3.63, 3.8) is 0 Å². The fourth-order valence-electron chi connectivity index (χ4n) is 6.71. The summed E-state index contributed by atoms with van der Waals surface area (Å²) in [5.74, 6) is 0.700. The average Bonchev–Trinajstić information content (AvgIpc) is 3.47. The van der Waals surface area contributed by atoms with Gasteiger partial charge in [-0.1, -0.05) is 116 Å². The molecule has 0 atom stereocenters. The average molecular weight is 528 g/mol. The predicted octanol–water partition coefficient (Wildman–Crippen LogP) is 9.52. The Balaban J connectivity index is 1.47. The van der Waals surface area contributed by atoms with Crippen molar-refractivity contribution in [2.45, 2.75) is 26.2 Å². The Hall–Kier alpha value is -5.02. The van der Waals surface area contributed by atoms with Gasteiger partial charge < -0.3 is 0 Å². The molecule has 0 N–H and O–H groups in total. The molecule has 0 saturated heterocycles. The summed E-state index contributed by atoms with van der Waals surface area (Å²) in [5, 5.41) is 2.30. The van der Waals surface area contributed by atoms with Gasteiger partial charge in [0.2, 0.25) is 5.95 Å². The molecule has 3 nitrogen and oxygen atoms in total. The monoisotopic (exact) mass is 527 g/mol. The van der Waals surface area contributed by atoms with Crippen molar-refractivity contribution >= 4 is 21.8 Å². The van der Waals surface area contributed by atoms with E-state index < -0.39 is 0 Å². The smallest absolute Gasteiger partial charge is 0.235 e. The van der Waals surface area contributed by atoms with Crippen molar-refractivity contribution < 1.29 is 0 Å². The Morgan fingerprint density at radius 3 is 2.10 bits per heavy atom. The van der Waals surface area contributed by atoms with Gasteiger partial charge in [-0.3, -0.25) is 4.57 Å². The van der Waals surface area contributed by atoms with Crippen LogP contribution < -0.4 is 0 Å². The number of rotatable bonds is 3. The number of aromatic nitrogens is 3. The summed E-state index contributed by atoms with van der Waals surface area (Å²) >= 11 is 0. The molecule has 2 aromatic heterocycles. The summed E-state index contributed by atoms with van der Waals surface area (Å²) in [6.07, 6.45) is 0. The summed E-state index contributed by atoms with van der Waals surface area (Å²) in [5.41, 5.74) is 12.7. The molecule has 1 aliphatic rings. The Morgan fingerprint density at radius 2 is 1.32 bits per heavy atom. The molecule has 0 unspecified atom stereocenters. The number of nitrogens with zero attached hydrogens (tertiary/aromatic N) is 3. The van der Waals surface area contributed by atoms with E-state index >= 15 is 0 Å². The van der Waals surface area contributed by atoms with Crippen LogP contribution in [0.2, 0.25) is 0 Å². The van der Waals surface area contributed by atoms with Crippen molar-refractivity contribution in [2.75, 3.05) is 0 Å². The molecule has 3 heteroatoms. The van der Waals surface area contributed by atoms with E-state index in [-0.39, 0.29) is 5.41 Å². The lowest BCUT2D eigenvalue weighted by molar-refractivity contribution is 0.666. The number of fused-ring (bicyclic) bond motifs is 6. The zero-order valence-corrected chi connectivity index (χ0v) is 23.4. The number of benzene rings is 5. The highest BCUT2D eigenvalue weighted by molar-refractivity contribution is 6.00. The fraction of sp³-hybridized carbons (Fsp3) is 0.105. The highest BCUT2D eigenvalue weighted by atomic mass is 15.2. The minimum absolute atomic E-state index is 0.132. The van der Waals surface area contributed by atoms with Gasteiger partial charge in [-0.25, -0.2) is 9.97 Å². The quantitative estimate of drug-likeness (QED) is 0.229. The maximum Gasteiger partial charge on any atom is 0.235 e. The standard InChI is InChI=1S/C38H29N3/c1-24-18-20-31-29(22-24)36-34(38(31,2)3)28-16-10-11-17-33(28)41(36)37-39-32-21-19-27(25-12-6-4-7-13-25)23-30(32)35(40-37)26-14-8-5-9-15-26/h4-23H,1-3H3. The number of hydrogen-bond donors (Lipinski definition) is 0. The first-order valence-electron chi connectivity index (χ1n) is 14.2. The molecule has 7 aromatic rings. The molecule has 2 heterocycles. The lowest BCUT2D eigenvalue weighted by atomic mass is 9.81. The maximum absolute atomic E-state index is 5.37. The van der Waals surface area contributed by atoms with E-state index in [4.69, 9.17) is 9.97 Å². The van der Waals surface area contributed by atoms with Crippen LogP contribution in [0.1, 0.15) is 30.5 Å². The topological polar surface area (TPSA) is 30.7 Å². The normalized spacial score (nSPS) is 13.4. The van der Waals surface area contributed by atoms with Crippen LogP contribution in [0.15, 0.2) is 121 Å². The largest absolute Gasteiger partial charge is 0.278 e. The molecular weight excluding hydrogens is 498 g/mol. The molecule has 0 spiro atoms. The second-order valence-corrected chi connectivity index (χ2v) is 11.6. The van der Waals surface area contributed by atoms with E-state index in [1.54, 1.807) is 0 Å². The van der Waals surface area contributed by atoms with Crippen LogP contribution >= 0.6 is 0 Å². The third-order valence-electron chi connectivity index (χ3n) is 8.64.